The normalized spacial score (nSPS) is 17.6. The predicted molar refractivity (Wildman–Crippen MR) is 65.5 cm³/mol. The fraction of sp³-hybridized carbons (Fsp3) is 0.500. The summed E-state index contributed by atoms with van der Waals surface area (Å²) in [5.74, 6) is -2.08. The average molecular weight is 295 g/mol. The molecule has 1 saturated heterocycles. The van der Waals surface area contributed by atoms with Crippen molar-refractivity contribution in [2.45, 2.75) is 6.18 Å². The SMILES string of the molecule is Nc1ccc(F)c(F)c1N1CCN(CC(F)(F)F)CC1. The fourth-order valence-electron chi connectivity index (χ4n) is 2.26. The van der Waals surface area contributed by atoms with Gasteiger partial charge in [-0.1, -0.05) is 0 Å². The molecule has 0 atom stereocenters. The van der Waals surface area contributed by atoms with Gasteiger partial charge in [0.15, 0.2) is 11.6 Å². The largest absolute Gasteiger partial charge is 0.401 e. The maximum atomic E-state index is 13.7. The Hall–Kier alpha value is -1.57. The highest BCUT2D eigenvalue weighted by Gasteiger charge is 2.32. The summed E-state index contributed by atoms with van der Waals surface area (Å²) in [6, 6.07) is 2.17. The van der Waals surface area contributed by atoms with E-state index in [-0.39, 0.29) is 37.6 Å². The van der Waals surface area contributed by atoms with Crippen LogP contribution in [0.5, 0.6) is 0 Å². The van der Waals surface area contributed by atoms with Gasteiger partial charge in [0.05, 0.1) is 17.9 Å². The van der Waals surface area contributed by atoms with E-state index < -0.39 is 24.4 Å². The molecule has 112 valence electrons. The first-order valence-corrected chi connectivity index (χ1v) is 6.05. The Morgan fingerprint density at radius 1 is 1.05 bits per heavy atom. The summed E-state index contributed by atoms with van der Waals surface area (Å²) in [5.41, 5.74) is 5.62. The van der Waals surface area contributed by atoms with E-state index in [0.29, 0.717) is 0 Å². The second kappa shape index (κ2) is 5.43. The van der Waals surface area contributed by atoms with E-state index in [1.165, 1.54) is 15.9 Å². The minimum Gasteiger partial charge on any atom is -0.397 e. The first kappa shape index (κ1) is 14.8. The van der Waals surface area contributed by atoms with E-state index in [4.69, 9.17) is 5.73 Å². The monoisotopic (exact) mass is 295 g/mol. The lowest BCUT2D eigenvalue weighted by atomic mass is 10.2. The first-order chi connectivity index (χ1) is 9.28. The zero-order chi connectivity index (χ0) is 14.9. The van der Waals surface area contributed by atoms with Crippen molar-refractivity contribution in [3.63, 3.8) is 0 Å². The van der Waals surface area contributed by atoms with E-state index in [0.717, 1.165) is 6.07 Å². The summed E-state index contributed by atoms with van der Waals surface area (Å²) in [4.78, 5) is 2.70. The molecule has 0 radical (unpaired) electrons. The topological polar surface area (TPSA) is 32.5 Å². The van der Waals surface area contributed by atoms with Crippen molar-refractivity contribution in [2.75, 3.05) is 43.4 Å². The summed E-state index contributed by atoms with van der Waals surface area (Å²) in [5, 5.41) is 0. The molecule has 0 spiro atoms. The maximum absolute atomic E-state index is 13.7. The molecule has 2 N–H and O–H groups in total. The zero-order valence-electron chi connectivity index (χ0n) is 10.6. The van der Waals surface area contributed by atoms with Crippen molar-refractivity contribution in [1.29, 1.82) is 0 Å². The molecule has 0 unspecified atom stereocenters. The Balaban J connectivity index is 2.06. The summed E-state index contributed by atoms with van der Waals surface area (Å²) in [6.45, 7) is -0.424. The van der Waals surface area contributed by atoms with Gasteiger partial charge < -0.3 is 10.6 Å². The zero-order valence-corrected chi connectivity index (χ0v) is 10.6. The second-order valence-electron chi connectivity index (χ2n) is 4.68. The van der Waals surface area contributed by atoms with Crippen LogP contribution in [-0.4, -0.2) is 43.8 Å². The number of piperazine rings is 1. The van der Waals surface area contributed by atoms with Crippen molar-refractivity contribution in [2.24, 2.45) is 0 Å². The van der Waals surface area contributed by atoms with Crippen LogP contribution in [0, 0.1) is 11.6 Å². The van der Waals surface area contributed by atoms with Gasteiger partial charge in [0.25, 0.3) is 0 Å². The lowest BCUT2D eigenvalue weighted by Crippen LogP contribution is -2.49. The number of anilines is 2. The third kappa shape index (κ3) is 3.30. The number of nitrogens with two attached hydrogens (primary N) is 1. The van der Waals surface area contributed by atoms with Gasteiger partial charge in [-0.15, -0.1) is 0 Å². The molecule has 0 aliphatic carbocycles. The molecule has 1 fully saturated rings. The van der Waals surface area contributed by atoms with Crippen LogP contribution in [0.3, 0.4) is 0 Å². The number of hydrogen-bond acceptors (Lipinski definition) is 3. The Morgan fingerprint density at radius 3 is 2.20 bits per heavy atom. The van der Waals surface area contributed by atoms with Gasteiger partial charge in [0, 0.05) is 26.2 Å². The predicted octanol–water partition coefficient (Wildman–Crippen LogP) is 2.23. The molecule has 20 heavy (non-hydrogen) atoms. The smallest absolute Gasteiger partial charge is 0.397 e. The number of nitrogens with zero attached hydrogens (tertiary/aromatic N) is 2. The summed E-state index contributed by atoms with van der Waals surface area (Å²) in [7, 11) is 0. The Labute approximate surface area is 112 Å². The van der Waals surface area contributed by atoms with Gasteiger partial charge in [0.2, 0.25) is 0 Å². The van der Waals surface area contributed by atoms with Gasteiger partial charge in [0.1, 0.15) is 0 Å². The van der Waals surface area contributed by atoms with Crippen LogP contribution < -0.4 is 10.6 Å². The Kier molecular flexibility index (Phi) is 4.03. The van der Waals surface area contributed by atoms with Crippen molar-refractivity contribution in [3.8, 4) is 0 Å². The molecule has 1 aromatic rings. The summed E-state index contributed by atoms with van der Waals surface area (Å²) in [6.07, 6.45) is -4.26. The number of halogens is 5. The van der Waals surface area contributed by atoms with Crippen molar-refractivity contribution in [3.05, 3.63) is 23.8 Å². The molecular weight excluding hydrogens is 281 g/mol. The van der Waals surface area contributed by atoms with Gasteiger partial charge in [-0.05, 0) is 12.1 Å². The molecule has 0 bridgehead atoms. The lowest BCUT2D eigenvalue weighted by Gasteiger charge is -2.36. The van der Waals surface area contributed by atoms with Crippen molar-refractivity contribution >= 4 is 11.4 Å². The average Bonchev–Trinajstić information content (AvgIpc) is 2.35. The van der Waals surface area contributed by atoms with E-state index in [9.17, 15) is 22.0 Å². The van der Waals surface area contributed by atoms with Crippen LogP contribution in [-0.2, 0) is 0 Å². The third-order valence-corrected chi connectivity index (χ3v) is 3.19. The minimum atomic E-state index is -4.26. The molecule has 1 aliphatic rings. The number of benzene rings is 1. The third-order valence-electron chi connectivity index (χ3n) is 3.19. The minimum absolute atomic E-state index is 0.0725. The molecule has 3 nitrogen and oxygen atoms in total. The maximum Gasteiger partial charge on any atom is 0.401 e. The fourth-order valence-corrected chi connectivity index (χ4v) is 2.26. The van der Waals surface area contributed by atoms with Gasteiger partial charge >= 0.3 is 6.18 Å². The van der Waals surface area contributed by atoms with Crippen LogP contribution in [0.2, 0.25) is 0 Å². The highest BCUT2D eigenvalue weighted by Crippen LogP contribution is 2.29. The highest BCUT2D eigenvalue weighted by molar-refractivity contribution is 5.68. The van der Waals surface area contributed by atoms with E-state index in [1.807, 2.05) is 0 Å². The van der Waals surface area contributed by atoms with Crippen LogP contribution in [0.25, 0.3) is 0 Å². The molecular formula is C12H14F5N3. The molecule has 1 aromatic carbocycles. The summed E-state index contributed by atoms with van der Waals surface area (Å²) >= 11 is 0. The Bertz CT molecular complexity index is 481. The van der Waals surface area contributed by atoms with Gasteiger partial charge in [-0.25, -0.2) is 8.78 Å². The van der Waals surface area contributed by atoms with E-state index in [2.05, 4.69) is 0 Å². The molecule has 8 heteroatoms. The molecule has 0 amide bonds. The lowest BCUT2D eigenvalue weighted by molar-refractivity contribution is -0.146. The van der Waals surface area contributed by atoms with Crippen molar-refractivity contribution < 1.29 is 22.0 Å². The van der Waals surface area contributed by atoms with Crippen LogP contribution in [0.1, 0.15) is 0 Å². The Morgan fingerprint density at radius 2 is 1.65 bits per heavy atom. The van der Waals surface area contributed by atoms with Crippen LogP contribution in [0.15, 0.2) is 12.1 Å². The van der Waals surface area contributed by atoms with Crippen LogP contribution in [0.4, 0.5) is 33.3 Å². The molecule has 0 saturated carbocycles. The van der Waals surface area contributed by atoms with Gasteiger partial charge in [-0.2, -0.15) is 13.2 Å². The number of rotatable bonds is 2. The van der Waals surface area contributed by atoms with Gasteiger partial charge in [-0.3, -0.25) is 4.90 Å². The quantitative estimate of drug-likeness (QED) is 0.671. The van der Waals surface area contributed by atoms with E-state index >= 15 is 0 Å². The van der Waals surface area contributed by atoms with E-state index in [1.54, 1.807) is 0 Å². The van der Waals surface area contributed by atoms with Crippen molar-refractivity contribution in [1.82, 2.24) is 4.90 Å². The molecule has 2 rings (SSSR count). The number of alkyl halides is 3. The van der Waals surface area contributed by atoms with Crippen LogP contribution >= 0.6 is 0 Å². The number of hydrogen-bond donors (Lipinski definition) is 1. The standard InChI is InChI=1S/C12H14F5N3/c13-8-1-2-9(18)11(10(8)14)20-5-3-19(4-6-20)7-12(15,16)17/h1-2H,3-7,18H2. The highest BCUT2D eigenvalue weighted by atomic mass is 19.4. The number of nitrogen functional groups attached to an aromatic ring is 1. The second-order valence-corrected chi connectivity index (χ2v) is 4.68. The summed E-state index contributed by atoms with van der Waals surface area (Å²) < 4.78 is 63.7. The molecule has 1 aliphatic heterocycles. The molecule has 0 aromatic heterocycles. The first-order valence-electron chi connectivity index (χ1n) is 6.05. The molecule has 1 heterocycles.